The molecule has 9 nitrogen and oxygen atoms in total. The van der Waals surface area contributed by atoms with Gasteiger partial charge in [-0.1, -0.05) is 45.0 Å². The normalized spacial score (nSPS) is 12.7. The third-order valence-electron chi connectivity index (χ3n) is 5.77. The maximum Gasteiger partial charge on any atom is 0.335 e. The average Bonchev–Trinajstić information content (AvgIpc) is 2.80. The van der Waals surface area contributed by atoms with Crippen LogP contribution in [-0.2, 0) is 10.0 Å². The number of anilines is 1. The molecule has 1 atom stereocenters. The lowest BCUT2D eigenvalue weighted by molar-refractivity contribution is 0.0696. The smallest absolute Gasteiger partial charge is 0.335 e. The van der Waals surface area contributed by atoms with Crippen molar-refractivity contribution in [1.29, 1.82) is 0 Å². The molecule has 1 aromatic heterocycles. The van der Waals surface area contributed by atoms with E-state index >= 15 is 0 Å². The Kier molecular flexibility index (Phi) is 8.55. The maximum absolute atomic E-state index is 13.1. The average molecular weight is 527 g/mol. The number of hydrogen-bond donors (Lipinski definition) is 3. The van der Waals surface area contributed by atoms with E-state index in [9.17, 15) is 18.3 Å². The number of hydrogen-bond acceptors (Lipinski definition) is 7. The predicted octanol–water partition coefficient (Wildman–Crippen LogP) is 4.79. The topological polar surface area (TPSA) is 144 Å². The fourth-order valence-corrected chi connectivity index (χ4v) is 4.75. The Balaban J connectivity index is 1.96. The van der Waals surface area contributed by atoms with Gasteiger partial charge in [-0.3, -0.25) is 0 Å². The molecule has 0 amide bonds. The van der Waals surface area contributed by atoms with Gasteiger partial charge in [-0.15, -0.1) is 0 Å². The standard InChI is InChI=1S/C27H34N4O5S/c1-17-8-6-9-18(2)24(17)22-15-23(36-16-20(28)12-13-27(3,4)5)30-26(29-22)31-37(34,35)21-11-7-10-19(14-21)25(32)33/h6-11,14-15,20H,12-13,16,28H2,1-5H3,(H,32,33)(H,29,30,31)/t20-/m1/s1. The molecule has 0 bridgehead atoms. The zero-order valence-electron chi connectivity index (χ0n) is 21.8. The second kappa shape index (κ2) is 11.3. The van der Waals surface area contributed by atoms with Crippen molar-refractivity contribution in [3.8, 4) is 17.1 Å². The molecule has 37 heavy (non-hydrogen) atoms. The molecule has 10 heteroatoms. The number of rotatable bonds is 10. The lowest BCUT2D eigenvalue weighted by Crippen LogP contribution is -2.29. The number of nitrogens with two attached hydrogens (primary N) is 1. The summed E-state index contributed by atoms with van der Waals surface area (Å²) >= 11 is 0. The van der Waals surface area contributed by atoms with Crippen LogP contribution in [0.5, 0.6) is 5.88 Å². The molecule has 0 saturated heterocycles. The zero-order chi connectivity index (χ0) is 27.4. The van der Waals surface area contributed by atoms with Crippen LogP contribution in [0.25, 0.3) is 11.3 Å². The van der Waals surface area contributed by atoms with Gasteiger partial charge in [0.1, 0.15) is 6.61 Å². The van der Waals surface area contributed by atoms with E-state index in [4.69, 9.17) is 10.5 Å². The van der Waals surface area contributed by atoms with E-state index in [1.165, 1.54) is 18.2 Å². The Morgan fingerprint density at radius 2 is 1.73 bits per heavy atom. The number of carbonyl (C=O) groups is 1. The number of aryl methyl sites for hydroxylation is 2. The first-order chi connectivity index (χ1) is 17.2. The Hall–Kier alpha value is -3.50. The van der Waals surface area contributed by atoms with E-state index in [0.717, 1.165) is 35.6 Å². The number of nitrogens with one attached hydrogen (secondary N) is 1. The van der Waals surface area contributed by atoms with Crippen molar-refractivity contribution in [3.63, 3.8) is 0 Å². The fourth-order valence-electron chi connectivity index (χ4n) is 3.76. The van der Waals surface area contributed by atoms with Gasteiger partial charge in [-0.25, -0.2) is 22.9 Å². The summed E-state index contributed by atoms with van der Waals surface area (Å²) in [4.78, 5) is 19.8. The van der Waals surface area contributed by atoms with E-state index in [1.807, 2.05) is 32.0 Å². The molecule has 0 unspecified atom stereocenters. The molecule has 2 aromatic carbocycles. The minimum Gasteiger partial charge on any atom is -0.478 e. The van der Waals surface area contributed by atoms with E-state index in [1.54, 1.807) is 6.07 Å². The molecule has 0 radical (unpaired) electrons. The van der Waals surface area contributed by atoms with Gasteiger partial charge in [0.25, 0.3) is 10.0 Å². The minimum absolute atomic E-state index is 0.144. The molecule has 0 aliphatic heterocycles. The van der Waals surface area contributed by atoms with Crippen molar-refractivity contribution in [2.45, 2.75) is 58.4 Å². The molecule has 0 aliphatic carbocycles. The molecule has 4 N–H and O–H groups in total. The van der Waals surface area contributed by atoms with Crippen LogP contribution >= 0.6 is 0 Å². The molecule has 3 aromatic rings. The molecule has 0 spiro atoms. The molecule has 198 valence electrons. The molecule has 0 saturated carbocycles. The Morgan fingerprint density at radius 3 is 2.35 bits per heavy atom. The van der Waals surface area contributed by atoms with Crippen LogP contribution in [0.15, 0.2) is 53.4 Å². The lowest BCUT2D eigenvalue weighted by Gasteiger charge is -2.21. The summed E-state index contributed by atoms with van der Waals surface area (Å²) < 4.78 is 34.4. The second-order valence-corrected chi connectivity index (χ2v) is 12.0. The van der Waals surface area contributed by atoms with Gasteiger partial charge in [0, 0.05) is 17.7 Å². The first kappa shape index (κ1) is 28.1. The largest absolute Gasteiger partial charge is 0.478 e. The van der Waals surface area contributed by atoms with Gasteiger partial charge >= 0.3 is 5.97 Å². The van der Waals surface area contributed by atoms with Crippen molar-refractivity contribution in [1.82, 2.24) is 9.97 Å². The van der Waals surface area contributed by atoms with Gasteiger partial charge in [0.05, 0.1) is 16.2 Å². The van der Waals surface area contributed by atoms with Crippen LogP contribution in [0.2, 0.25) is 0 Å². The monoisotopic (exact) mass is 526 g/mol. The van der Waals surface area contributed by atoms with E-state index in [2.05, 4.69) is 35.5 Å². The Labute approximate surface area is 218 Å². The first-order valence-corrected chi connectivity index (χ1v) is 13.4. The quantitative estimate of drug-likeness (QED) is 0.342. The molecule has 0 fully saturated rings. The van der Waals surface area contributed by atoms with Crippen LogP contribution in [0.3, 0.4) is 0 Å². The van der Waals surface area contributed by atoms with Crippen molar-refractivity contribution in [2.24, 2.45) is 11.1 Å². The summed E-state index contributed by atoms with van der Waals surface area (Å²) in [6, 6.07) is 12.3. The molecular formula is C27H34N4O5S. The minimum atomic E-state index is -4.18. The van der Waals surface area contributed by atoms with Gasteiger partial charge < -0.3 is 15.6 Å². The Morgan fingerprint density at radius 1 is 1.08 bits per heavy atom. The first-order valence-electron chi connectivity index (χ1n) is 12.0. The predicted molar refractivity (Wildman–Crippen MR) is 143 cm³/mol. The van der Waals surface area contributed by atoms with Crippen molar-refractivity contribution < 1.29 is 23.1 Å². The van der Waals surface area contributed by atoms with Crippen LogP contribution in [0, 0.1) is 19.3 Å². The highest BCUT2D eigenvalue weighted by molar-refractivity contribution is 7.92. The maximum atomic E-state index is 13.1. The summed E-state index contributed by atoms with van der Waals surface area (Å²) in [7, 11) is -4.18. The number of benzene rings is 2. The zero-order valence-corrected chi connectivity index (χ0v) is 22.6. The van der Waals surface area contributed by atoms with Crippen molar-refractivity contribution in [3.05, 3.63) is 65.2 Å². The van der Waals surface area contributed by atoms with Crippen molar-refractivity contribution >= 4 is 21.9 Å². The van der Waals surface area contributed by atoms with Crippen LogP contribution in [0.4, 0.5) is 5.95 Å². The highest BCUT2D eigenvalue weighted by Crippen LogP contribution is 2.29. The SMILES string of the molecule is Cc1cccc(C)c1-c1cc(OC[C@H](N)CCC(C)(C)C)nc(NS(=O)(=O)c2cccc(C(=O)O)c2)n1. The summed E-state index contributed by atoms with van der Waals surface area (Å²) in [5.41, 5.74) is 9.47. The number of carboxylic acids is 1. The number of nitrogens with zero attached hydrogens (tertiary/aromatic N) is 2. The lowest BCUT2D eigenvalue weighted by atomic mass is 9.89. The number of sulfonamides is 1. The molecule has 3 rings (SSSR count). The number of aromatic carboxylic acids is 1. The summed E-state index contributed by atoms with van der Waals surface area (Å²) in [5, 5.41) is 9.24. The van der Waals surface area contributed by atoms with Gasteiger partial charge in [0.15, 0.2) is 0 Å². The number of ether oxygens (including phenoxy) is 1. The third-order valence-corrected chi connectivity index (χ3v) is 7.09. The summed E-state index contributed by atoms with van der Waals surface area (Å²) in [6.45, 7) is 10.5. The van der Waals surface area contributed by atoms with Crippen LogP contribution in [0.1, 0.15) is 55.1 Å². The molecule has 1 heterocycles. The highest BCUT2D eigenvalue weighted by Gasteiger charge is 2.20. The third kappa shape index (κ3) is 7.74. The second-order valence-electron chi connectivity index (χ2n) is 10.3. The number of aromatic nitrogens is 2. The fraction of sp³-hybridized carbons (Fsp3) is 0.370. The Bertz CT molecular complexity index is 1360. The molecule has 0 aliphatic rings. The van der Waals surface area contributed by atoms with Crippen molar-refractivity contribution in [2.75, 3.05) is 11.3 Å². The van der Waals surface area contributed by atoms with Crippen LogP contribution < -0.4 is 15.2 Å². The molecular weight excluding hydrogens is 492 g/mol. The number of carboxylic acid groups (broad SMARTS) is 1. The van der Waals surface area contributed by atoms with E-state index in [-0.39, 0.29) is 40.4 Å². The van der Waals surface area contributed by atoms with E-state index < -0.39 is 16.0 Å². The van der Waals surface area contributed by atoms with Gasteiger partial charge in [-0.2, -0.15) is 4.98 Å². The van der Waals surface area contributed by atoms with Crippen LogP contribution in [-0.4, -0.2) is 42.1 Å². The van der Waals surface area contributed by atoms with Gasteiger partial charge in [0.2, 0.25) is 11.8 Å². The van der Waals surface area contributed by atoms with E-state index in [0.29, 0.717) is 5.69 Å². The summed E-state index contributed by atoms with van der Waals surface area (Å²) in [5.74, 6) is -1.25. The van der Waals surface area contributed by atoms with Gasteiger partial charge in [-0.05, 0) is 61.4 Å². The summed E-state index contributed by atoms with van der Waals surface area (Å²) in [6.07, 6.45) is 1.69. The highest BCUT2D eigenvalue weighted by atomic mass is 32.2.